The topological polar surface area (TPSA) is 174 Å². The number of carbonyl (C=O) groups is 5. The van der Waals surface area contributed by atoms with Gasteiger partial charge in [0.05, 0.1) is 35.0 Å². The highest BCUT2D eigenvalue weighted by Crippen LogP contribution is 2.43. The molecule has 0 radical (unpaired) electrons. The summed E-state index contributed by atoms with van der Waals surface area (Å²) in [5.74, 6) is -7.33. The molecule has 1 aliphatic carbocycles. The van der Waals surface area contributed by atoms with Gasteiger partial charge in [-0.3, -0.25) is 0 Å². The van der Waals surface area contributed by atoms with Crippen LogP contribution >= 0.6 is 0 Å². The van der Waals surface area contributed by atoms with E-state index in [4.69, 9.17) is 14.2 Å². The first kappa shape index (κ1) is 26.9. The number of rotatable bonds is 8. The van der Waals surface area contributed by atoms with Gasteiger partial charge in [-0.15, -0.1) is 0 Å². The van der Waals surface area contributed by atoms with Crippen LogP contribution in [0.2, 0.25) is 0 Å². The number of esters is 5. The van der Waals surface area contributed by atoms with Crippen molar-refractivity contribution in [3.05, 3.63) is 34.4 Å². The molecule has 3 heterocycles. The van der Waals surface area contributed by atoms with Gasteiger partial charge < -0.3 is 29.5 Å². The molecule has 0 aromatic rings. The zero-order valence-electron chi connectivity index (χ0n) is 20.4. The van der Waals surface area contributed by atoms with Crippen LogP contribution in [0.25, 0.3) is 0 Å². The second kappa shape index (κ2) is 11.1. The molecule has 0 saturated carbocycles. The molecule has 37 heavy (non-hydrogen) atoms. The van der Waals surface area contributed by atoms with Gasteiger partial charge in [-0.2, -0.15) is 0 Å². The minimum Gasteiger partial charge on any atom is -0.456 e. The molecule has 6 atom stereocenters. The molecule has 0 amide bonds. The summed E-state index contributed by atoms with van der Waals surface area (Å²) in [5.41, 5.74) is -1.10. The molecule has 11 nitrogen and oxygen atoms in total. The average molecular weight is 519 g/mol. The lowest BCUT2D eigenvalue weighted by molar-refractivity contribution is -0.154. The quantitative estimate of drug-likeness (QED) is 0.179. The fraction of sp³-hybridized carbons (Fsp3) is 0.577. The highest BCUT2D eigenvalue weighted by molar-refractivity contribution is 6.15. The minimum atomic E-state index is -1.84. The summed E-state index contributed by atoms with van der Waals surface area (Å²) >= 11 is 0. The molecule has 3 aliphatic heterocycles. The third-order valence-corrected chi connectivity index (χ3v) is 7.38. The van der Waals surface area contributed by atoms with Crippen LogP contribution in [0, 0.1) is 11.8 Å². The second-order valence-electron chi connectivity index (χ2n) is 9.80. The minimum absolute atomic E-state index is 0.155. The third kappa shape index (κ3) is 5.29. The molecule has 0 unspecified atom stereocenters. The fourth-order valence-electron chi connectivity index (χ4n) is 5.48. The number of carbonyl (C=O) groups excluding carboxylic acids is 5. The number of cyclic esters (lactones) is 5. The van der Waals surface area contributed by atoms with Crippen molar-refractivity contribution < 1.29 is 53.5 Å². The van der Waals surface area contributed by atoms with Gasteiger partial charge in [0, 0.05) is 24.0 Å². The summed E-state index contributed by atoms with van der Waals surface area (Å²) in [6.07, 6.45) is 0.0132. The monoisotopic (exact) mass is 518 g/mol. The van der Waals surface area contributed by atoms with E-state index in [2.05, 4.69) is 0 Å². The van der Waals surface area contributed by atoms with Gasteiger partial charge in [0.2, 0.25) is 0 Å². The van der Waals surface area contributed by atoms with Crippen molar-refractivity contribution in [3.8, 4) is 0 Å². The van der Waals surface area contributed by atoms with E-state index < -0.39 is 71.7 Å². The molecule has 4 aliphatic rings. The molecule has 0 saturated heterocycles. The maximum Gasteiger partial charge on any atom is 0.345 e. The molecule has 0 fully saturated rings. The van der Waals surface area contributed by atoms with Crippen molar-refractivity contribution in [1.29, 1.82) is 0 Å². The van der Waals surface area contributed by atoms with E-state index in [1.807, 2.05) is 6.92 Å². The molecule has 0 spiro atoms. The molecule has 4 rings (SSSR count). The molecular weight excluding hydrogens is 488 g/mol. The normalized spacial score (nSPS) is 29.7. The Morgan fingerprint density at radius 2 is 1.51 bits per heavy atom. The van der Waals surface area contributed by atoms with Crippen LogP contribution in [-0.4, -0.2) is 69.6 Å². The lowest BCUT2D eigenvalue weighted by atomic mass is 9.80. The molecule has 200 valence electrons. The van der Waals surface area contributed by atoms with Gasteiger partial charge in [-0.05, 0) is 25.2 Å². The molecule has 0 aromatic carbocycles. The predicted octanol–water partition coefficient (Wildman–Crippen LogP) is 0.697. The summed E-state index contributed by atoms with van der Waals surface area (Å²) in [6.45, 7) is 2.02. The highest BCUT2D eigenvalue weighted by atomic mass is 16.6. The number of aliphatic hydroxyl groups is 3. The predicted molar refractivity (Wildman–Crippen MR) is 123 cm³/mol. The van der Waals surface area contributed by atoms with Crippen LogP contribution in [0.5, 0.6) is 0 Å². The molecule has 0 bridgehead atoms. The van der Waals surface area contributed by atoms with Gasteiger partial charge >= 0.3 is 29.8 Å². The Hall–Kier alpha value is -3.15. The summed E-state index contributed by atoms with van der Waals surface area (Å²) in [5, 5.41) is 33.6. The fourth-order valence-corrected chi connectivity index (χ4v) is 5.48. The zero-order valence-corrected chi connectivity index (χ0v) is 20.4. The summed E-state index contributed by atoms with van der Waals surface area (Å²) in [4.78, 5) is 62.6. The number of hydrogen-bond acceptors (Lipinski definition) is 11. The van der Waals surface area contributed by atoms with E-state index >= 15 is 0 Å². The first-order valence-electron chi connectivity index (χ1n) is 12.5. The molecular formula is C26H30O11. The largest absolute Gasteiger partial charge is 0.456 e. The van der Waals surface area contributed by atoms with E-state index in [0.717, 1.165) is 19.3 Å². The summed E-state index contributed by atoms with van der Waals surface area (Å²) in [6, 6.07) is 0. The second-order valence-corrected chi connectivity index (χ2v) is 9.80. The van der Waals surface area contributed by atoms with Crippen LogP contribution in [0.3, 0.4) is 0 Å². The Bertz CT molecular complexity index is 1100. The van der Waals surface area contributed by atoms with Crippen molar-refractivity contribution in [2.75, 3.05) is 0 Å². The van der Waals surface area contributed by atoms with E-state index in [1.54, 1.807) is 0 Å². The maximum atomic E-state index is 12.8. The highest BCUT2D eigenvalue weighted by Gasteiger charge is 2.51. The standard InChI is InChI=1S/C26H30O11/c1-2-3-4-5-7-15(27)20-18-13(23(31)36-25(18)33)10-12(21(29)16-8-6-9-17(28)35-16)11-14-19(22(20)30)26(34)37-24(14)32/h6,9,12,15-16,20-22,27,29-30H,2-5,7-8,10-11H2,1H3/t12-,15-,16+,20+,21+,22-/m1/s1. The third-order valence-electron chi connectivity index (χ3n) is 7.38. The van der Waals surface area contributed by atoms with E-state index in [9.17, 15) is 39.3 Å². The van der Waals surface area contributed by atoms with Crippen molar-refractivity contribution in [2.45, 2.75) is 82.7 Å². The smallest absolute Gasteiger partial charge is 0.345 e. The average Bonchev–Trinajstić information content (AvgIpc) is 3.30. The molecule has 3 N–H and O–H groups in total. The van der Waals surface area contributed by atoms with Gasteiger partial charge in [0.15, 0.2) is 0 Å². The van der Waals surface area contributed by atoms with Crippen LogP contribution < -0.4 is 0 Å². The van der Waals surface area contributed by atoms with Gasteiger partial charge in [0.25, 0.3) is 0 Å². The van der Waals surface area contributed by atoms with Crippen LogP contribution in [0.15, 0.2) is 34.4 Å². The van der Waals surface area contributed by atoms with Crippen LogP contribution in [0.1, 0.15) is 58.3 Å². The van der Waals surface area contributed by atoms with Crippen LogP contribution in [-0.2, 0) is 38.2 Å². The Morgan fingerprint density at radius 1 is 0.892 bits per heavy atom. The van der Waals surface area contributed by atoms with Gasteiger partial charge in [-0.25, -0.2) is 24.0 Å². The number of ether oxygens (including phenoxy) is 3. The number of hydrogen-bond donors (Lipinski definition) is 3. The van der Waals surface area contributed by atoms with E-state index in [1.165, 1.54) is 12.2 Å². The number of unbranched alkanes of at least 4 members (excludes halogenated alkanes) is 3. The number of aliphatic hydroxyl groups excluding tert-OH is 3. The summed E-state index contributed by atoms with van der Waals surface area (Å²) < 4.78 is 14.8. The lowest BCUT2D eigenvalue weighted by Gasteiger charge is -2.30. The Balaban J connectivity index is 1.78. The SMILES string of the molecule is CCCCCC[C@@H](O)[C@H]1C2=C(C[C@@H]([C@H](O)[C@@H]3CC=CC(=O)O3)CC3=C(C(=O)OC3=O)[C@H]1O)C(=O)OC2=O. The Labute approximate surface area is 212 Å². The first-order chi connectivity index (χ1) is 17.6. The van der Waals surface area contributed by atoms with E-state index in [-0.39, 0.29) is 42.4 Å². The Kier molecular flexibility index (Phi) is 8.05. The zero-order chi connectivity index (χ0) is 26.9. The molecule has 11 heteroatoms. The first-order valence-corrected chi connectivity index (χ1v) is 12.5. The lowest BCUT2D eigenvalue weighted by Crippen LogP contribution is -2.39. The van der Waals surface area contributed by atoms with E-state index in [0.29, 0.717) is 6.42 Å². The maximum absolute atomic E-state index is 12.8. The van der Waals surface area contributed by atoms with Gasteiger partial charge in [-0.1, -0.05) is 38.7 Å². The van der Waals surface area contributed by atoms with Crippen molar-refractivity contribution in [1.82, 2.24) is 0 Å². The molecule has 0 aromatic heterocycles. The van der Waals surface area contributed by atoms with Crippen LogP contribution in [0.4, 0.5) is 0 Å². The van der Waals surface area contributed by atoms with Gasteiger partial charge in [0.1, 0.15) is 6.10 Å². The van der Waals surface area contributed by atoms with Crippen molar-refractivity contribution in [3.63, 3.8) is 0 Å². The summed E-state index contributed by atoms with van der Waals surface area (Å²) in [7, 11) is 0. The Morgan fingerprint density at radius 3 is 2.14 bits per heavy atom. The van der Waals surface area contributed by atoms with Crippen molar-refractivity contribution in [2.24, 2.45) is 11.8 Å². The van der Waals surface area contributed by atoms with Crippen molar-refractivity contribution >= 4 is 29.8 Å².